The van der Waals surface area contributed by atoms with Crippen molar-refractivity contribution in [2.24, 2.45) is 0 Å². The SMILES string of the molecule is Cc1[nH]c2ccccc2c1C(C)(C)CC(=O)O. The summed E-state index contributed by atoms with van der Waals surface area (Å²) in [6, 6.07) is 8.02. The minimum absolute atomic E-state index is 0.135. The molecule has 0 radical (unpaired) electrons. The zero-order valence-corrected chi connectivity index (χ0v) is 10.4. The van der Waals surface area contributed by atoms with E-state index in [0.717, 1.165) is 22.2 Å². The van der Waals surface area contributed by atoms with Crippen LogP contribution >= 0.6 is 0 Å². The van der Waals surface area contributed by atoms with Crippen molar-refractivity contribution in [3.8, 4) is 0 Å². The number of aromatic nitrogens is 1. The Hall–Kier alpha value is -1.77. The molecule has 1 aromatic heterocycles. The van der Waals surface area contributed by atoms with E-state index in [0.29, 0.717) is 0 Å². The van der Waals surface area contributed by atoms with Crippen molar-refractivity contribution >= 4 is 16.9 Å². The van der Waals surface area contributed by atoms with Crippen LogP contribution < -0.4 is 0 Å². The lowest BCUT2D eigenvalue weighted by molar-refractivity contribution is -0.138. The lowest BCUT2D eigenvalue weighted by Crippen LogP contribution is -2.22. The molecular formula is C14H17NO2. The number of benzene rings is 1. The second-order valence-corrected chi connectivity index (χ2v) is 5.12. The van der Waals surface area contributed by atoms with E-state index in [2.05, 4.69) is 4.98 Å². The van der Waals surface area contributed by atoms with Crippen LogP contribution in [0.5, 0.6) is 0 Å². The van der Waals surface area contributed by atoms with Gasteiger partial charge in [-0.05, 0) is 18.6 Å². The van der Waals surface area contributed by atoms with Gasteiger partial charge in [0, 0.05) is 22.0 Å². The Bertz CT molecular complexity index is 567. The van der Waals surface area contributed by atoms with E-state index in [1.807, 2.05) is 45.0 Å². The van der Waals surface area contributed by atoms with Crippen LogP contribution in [0.25, 0.3) is 10.9 Å². The number of aryl methyl sites for hydroxylation is 1. The Kier molecular flexibility index (Phi) is 2.69. The quantitative estimate of drug-likeness (QED) is 0.852. The minimum Gasteiger partial charge on any atom is -0.481 e. The first kappa shape index (κ1) is 11.7. The third kappa shape index (κ3) is 2.05. The molecule has 90 valence electrons. The van der Waals surface area contributed by atoms with E-state index in [1.165, 1.54) is 0 Å². The molecule has 3 heteroatoms. The fourth-order valence-electron chi connectivity index (χ4n) is 2.62. The standard InChI is InChI=1S/C14H17NO2/c1-9-13(14(2,3)8-12(16)17)10-6-4-5-7-11(10)15-9/h4-7,15H,8H2,1-3H3,(H,16,17). The highest BCUT2D eigenvalue weighted by atomic mass is 16.4. The topological polar surface area (TPSA) is 53.1 Å². The smallest absolute Gasteiger partial charge is 0.304 e. The summed E-state index contributed by atoms with van der Waals surface area (Å²) in [5, 5.41) is 10.1. The highest BCUT2D eigenvalue weighted by molar-refractivity contribution is 5.86. The molecule has 0 saturated carbocycles. The van der Waals surface area contributed by atoms with Crippen LogP contribution in [0.1, 0.15) is 31.5 Å². The maximum absolute atomic E-state index is 10.9. The van der Waals surface area contributed by atoms with Crippen LogP contribution in [0.4, 0.5) is 0 Å². The molecule has 0 aliphatic rings. The van der Waals surface area contributed by atoms with Crippen molar-refractivity contribution < 1.29 is 9.90 Å². The first-order valence-electron chi connectivity index (χ1n) is 5.71. The van der Waals surface area contributed by atoms with Crippen LogP contribution in [-0.4, -0.2) is 16.1 Å². The second-order valence-electron chi connectivity index (χ2n) is 5.12. The first-order chi connectivity index (χ1) is 7.92. The first-order valence-corrected chi connectivity index (χ1v) is 5.71. The number of para-hydroxylation sites is 1. The van der Waals surface area contributed by atoms with Crippen molar-refractivity contribution in [1.29, 1.82) is 0 Å². The second kappa shape index (κ2) is 3.91. The van der Waals surface area contributed by atoms with Crippen LogP contribution in [0.3, 0.4) is 0 Å². The summed E-state index contributed by atoms with van der Waals surface area (Å²) in [5.74, 6) is -0.764. The summed E-state index contributed by atoms with van der Waals surface area (Å²) in [6.07, 6.45) is 0.135. The largest absolute Gasteiger partial charge is 0.481 e. The molecule has 3 nitrogen and oxygen atoms in total. The third-order valence-corrected chi connectivity index (χ3v) is 3.16. The number of carboxylic acids is 1. The molecule has 0 aliphatic heterocycles. The van der Waals surface area contributed by atoms with Gasteiger partial charge in [-0.1, -0.05) is 32.0 Å². The van der Waals surface area contributed by atoms with Gasteiger partial charge in [-0.15, -0.1) is 0 Å². The fraction of sp³-hybridized carbons (Fsp3) is 0.357. The summed E-state index contributed by atoms with van der Waals surface area (Å²) < 4.78 is 0. The van der Waals surface area contributed by atoms with Crippen LogP contribution in [0, 0.1) is 6.92 Å². The predicted octanol–water partition coefficient (Wildman–Crippen LogP) is 3.23. The van der Waals surface area contributed by atoms with Crippen LogP contribution in [-0.2, 0) is 10.2 Å². The maximum atomic E-state index is 10.9. The number of aliphatic carboxylic acids is 1. The zero-order valence-electron chi connectivity index (χ0n) is 10.4. The van der Waals surface area contributed by atoms with Gasteiger partial charge in [0.25, 0.3) is 0 Å². The van der Waals surface area contributed by atoms with Gasteiger partial charge in [0.2, 0.25) is 0 Å². The van der Waals surface area contributed by atoms with E-state index in [9.17, 15) is 4.79 Å². The normalized spacial score (nSPS) is 11.9. The lowest BCUT2D eigenvalue weighted by atomic mass is 9.80. The average Bonchev–Trinajstić information content (AvgIpc) is 2.51. The molecule has 0 atom stereocenters. The van der Waals surface area contributed by atoms with Crippen molar-refractivity contribution in [3.05, 3.63) is 35.5 Å². The average molecular weight is 231 g/mol. The van der Waals surface area contributed by atoms with E-state index in [1.54, 1.807) is 0 Å². The van der Waals surface area contributed by atoms with Gasteiger partial charge in [-0.25, -0.2) is 0 Å². The number of H-pyrrole nitrogens is 1. The molecule has 0 fully saturated rings. The van der Waals surface area contributed by atoms with Gasteiger partial charge in [0.1, 0.15) is 0 Å². The lowest BCUT2D eigenvalue weighted by Gasteiger charge is -2.23. The maximum Gasteiger partial charge on any atom is 0.304 e. The Balaban J connectivity index is 2.61. The molecule has 0 aliphatic carbocycles. The molecule has 0 amide bonds. The highest BCUT2D eigenvalue weighted by Gasteiger charge is 2.28. The van der Waals surface area contributed by atoms with Crippen molar-refractivity contribution in [3.63, 3.8) is 0 Å². The van der Waals surface area contributed by atoms with E-state index in [-0.39, 0.29) is 11.8 Å². The van der Waals surface area contributed by atoms with Gasteiger partial charge >= 0.3 is 5.97 Å². The van der Waals surface area contributed by atoms with Crippen molar-refractivity contribution in [2.75, 3.05) is 0 Å². The van der Waals surface area contributed by atoms with Crippen LogP contribution in [0.2, 0.25) is 0 Å². The summed E-state index contributed by atoms with van der Waals surface area (Å²) in [5.41, 5.74) is 2.86. The number of hydrogen-bond donors (Lipinski definition) is 2. The van der Waals surface area contributed by atoms with E-state index >= 15 is 0 Å². The molecule has 17 heavy (non-hydrogen) atoms. The van der Waals surface area contributed by atoms with Gasteiger partial charge in [-0.2, -0.15) is 0 Å². The van der Waals surface area contributed by atoms with Gasteiger partial charge < -0.3 is 10.1 Å². The molecule has 0 bridgehead atoms. The van der Waals surface area contributed by atoms with Gasteiger partial charge in [-0.3, -0.25) is 4.79 Å². The predicted molar refractivity (Wildman–Crippen MR) is 68.3 cm³/mol. The number of carboxylic acid groups (broad SMARTS) is 1. The molecule has 2 aromatic rings. The minimum atomic E-state index is -0.764. The molecule has 1 heterocycles. The number of carbonyl (C=O) groups is 1. The molecule has 0 saturated heterocycles. The van der Waals surface area contributed by atoms with E-state index < -0.39 is 5.97 Å². The fourth-order valence-corrected chi connectivity index (χ4v) is 2.62. The molecule has 0 spiro atoms. The van der Waals surface area contributed by atoms with Crippen molar-refractivity contribution in [1.82, 2.24) is 4.98 Å². The van der Waals surface area contributed by atoms with Gasteiger partial charge in [0.05, 0.1) is 6.42 Å². The molecule has 2 rings (SSSR count). The number of hydrogen-bond acceptors (Lipinski definition) is 1. The Morgan fingerprint density at radius 2 is 2.00 bits per heavy atom. The van der Waals surface area contributed by atoms with Gasteiger partial charge in [0.15, 0.2) is 0 Å². The summed E-state index contributed by atoms with van der Waals surface area (Å²) in [4.78, 5) is 14.3. The molecule has 2 N–H and O–H groups in total. The highest BCUT2D eigenvalue weighted by Crippen LogP contribution is 2.35. The van der Waals surface area contributed by atoms with E-state index in [4.69, 9.17) is 5.11 Å². The van der Waals surface area contributed by atoms with Crippen molar-refractivity contribution in [2.45, 2.75) is 32.6 Å². The molecular weight excluding hydrogens is 214 g/mol. The zero-order chi connectivity index (χ0) is 12.6. The number of aromatic amines is 1. The summed E-state index contributed by atoms with van der Waals surface area (Å²) >= 11 is 0. The Morgan fingerprint density at radius 1 is 1.35 bits per heavy atom. The summed E-state index contributed by atoms with van der Waals surface area (Å²) in [7, 11) is 0. The summed E-state index contributed by atoms with van der Waals surface area (Å²) in [6.45, 7) is 5.95. The Labute approximate surface area is 100 Å². The number of fused-ring (bicyclic) bond motifs is 1. The molecule has 1 aromatic carbocycles. The molecule has 0 unspecified atom stereocenters. The number of rotatable bonds is 3. The number of nitrogens with one attached hydrogen (secondary N) is 1. The third-order valence-electron chi connectivity index (χ3n) is 3.16. The van der Waals surface area contributed by atoms with Crippen LogP contribution in [0.15, 0.2) is 24.3 Å². The Morgan fingerprint density at radius 3 is 2.65 bits per heavy atom. The monoisotopic (exact) mass is 231 g/mol.